The number of hydrogen-bond acceptors (Lipinski definition) is 6. The lowest BCUT2D eigenvalue weighted by Crippen LogP contribution is -2.13. The second-order valence-corrected chi connectivity index (χ2v) is 4.08. The van der Waals surface area contributed by atoms with E-state index in [4.69, 9.17) is 9.47 Å². The van der Waals surface area contributed by atoms with Gasteiger partial charge in [0.2, 0.25) is 0 Å². The summed E-state index contributed by atoms with van der Waals surface area (Å²) in [6.07, 6.45) is 2.84. The topological polar surface area (TPSA) is 71.1 Å². The van der Waals surface area contributed by atoms with Crippen LogP contribution in [0.1, 0.15) is 19.8 Å². The van der Waals surface area contributed by atoms with Crippen LogP contribution in [0.25, 0.3) is 0 Å². The molecule has 0 fully saturated rings. The molecule has 0 saturated carbocycles. The molecule has 6 heteroatoms. The summed E-state index contributed by atoms with van der Waals surface area (Å²) in [5.74, 6) is 0.245. The predicted molar refractivity (Wildman–Crippen MR) is 73.4 cm³/mol. The molecule has 0 spiro atoms. The van der Waals surface area contributed by atoms with E-state index in [0.717, 1.165) is 0 Å². The molecule has 0 atom stereocenters. The zero-order chi connectivity index (χ0) is 15.2. The third-order valence-corrected chi connectivity index (χ3v) is 2.30. The first-order valence-corrected chi connectivity index (χ1v) is 6.41. The minimum absolute atomic E-state index is 0.134. The molecule has 0 aliphatic rings. The number of carbonyl (C=O) groups excluding carboxylic acids is 2. The van der Waals surface area contributed by atoms with Crippen molar-refractivity contribution in [2.75, 3.05) is 26.4 Å². The quantitative estimate of drug-likeness (QED) is 0.454. The van der Waals surface area contributed by atoms with Crippen molar-refractivity contribution in [3.63, 3.8) is 0 Å². The Balaban J connectivity index is 3.51. The Morgan fingerprint density at radius 1 is 0.900 bits per heavy atom. The summed E-state index contributed by atoms with van der Waals surface area (Å²) in [6, 6.07) is 0. The van der Waals surface area contributed by atoms with Crippen LogP contribution in [0.3, 0.4) is 0 Å². The first-order valence-electron chi connectivity index (χ1n) is 6.41. The maximum absolute atomic E-state index is 11.0. The maximum atomic E-state index is 11.0. The summed E-state index contributed by atoms with van der Waals surface area (Å²) >= 11 is 0. The molecule has 0 aromatic heterocycles. The average Bonchev–Trinajstić information content (AvgIpc) is 2.42. The monoisotopic (exact) mass is 286 g/mol. The summed E-state index contributed by atoms with van der Waals surface area (Å²) in [6.45, 7) is 9.60. The van der Waals surface area contributed by atoms with Gasteiger partial charge in [-0.2, -0.15) is 0 Å². The maximum Gasteiger partial charge on any atom is 0.508 e. The lowest BCUT2D eigenvalue weighted by molar-refractivity contribution is 0.0526. The van der Waals surface area contributed by atoms with Crippen LogP contribution in [0.4, 0.5) is 9.59 Å². The van der Waals surface area contributed by atoms with Crippen LogP contribution >= 0.6 is 0 Å². The minimum atomic E-state index is -0.707. The predicted octanol–water partition coefficient (Wildman–Crippen LogP) is 3.08. The van der Waals surface area contributed by atoms with E-state index < -0.39 is 12.3 Å². The van der Waals surface area contributed by atoms with Gasteiger partial charge in [0.15, 0.2) is 0 Å². The summed E-state index contributed by atoms with van der Waals surface area (Å²) in [7, 11) is 0. The molecule has 20 heavy (non-hydrogen) atoms. The van der Waals surface area contributed by atoms with E-state index in [-0.39, 0.29) is 32.3 Å². The van der Waals surface area contributed by atoms with Crippen LogP contribution in [-0.4, -0.2) is 38.7 Å². The van der Waals surface area contributed by atoms with E-state index in [1.54, 1.807) is 0 Å². The first kappa shape index (κ1) is 18.0. The smallest absolute Gasteiger partial charge is 0.434 e. The molecule has 6 nitrogen and oxygen atoms in total. The zero-order valence-corrected chi connectivity index (χ0v) is 11.8. The van der Waals surface area contributed by atoms with Gasteiger partial charge in [-0.3, -0.25) is 0 Å². The largest absolute Gasteiger partial charge is 0.508 e. The highest BCUT2D eigenvalue weighted by atomic mass is 16.7. The van der Waals surface area contributed by atoms with Crippen molar-refractivity contribution in [2.24, 2.45) is 5.92 Å². The normalized spacial score (nSPS) is 9.70. The second kappa shape index (κ2) is 12.1. The van der Waals surface area contributed by atoms with Gasteiger partial charge in [0.05, 0.1) is 13.2 Å². The lowest BCUT2D eigenvalue weighted by Gasteiger charge is -2.11. The summed E-state index contributed by atoms with van der Waals surface area (Å²) in [5.41, 5.74) is 0. The van der Waals surface area contributed by atoms with Crippen LogP contribution in [0.15, 0.2) is 25.3 Å². The molecule has 0 rings (SSSR count). The van der Waals surface area contributed by atoms with E-state index >= 15 is 0 Å². The molecule has 0 unspecified atom stereocenters. The van der Waals surface area contributed by atoms with Crippen molar-refractivity contribution in [1.82, 2.24) is 0 Å². The third kappa shape index (κ3) is 11.1. The van der Waals surface area contributed by atoms with Crippen LogP contribution in [0.2, 0.25) is 0 Å². The zero-order valence-electron chi connectivity index (χ0n) is 11.8. The van der Waals surface area contributed by atoms with Crippen LogP contribution in [0.5, 0.6) is 0 Å². The van der Waals surface area contributed by atoms with Gasteiger partial charge in [-0.25, -0.2) is 9.59 Å². The number of carbonyl (C=O) groups is 2. The van der Waals surface area contributed by atoms with E-state index in [2.05, 4.69) is 22.6 Å². The summed E-state index contributed by atoms with van der Waals surface area (Å²) in [4.78, 5) is 22.0. The van der Waals surface area contributed by atoms with E-state index in [9.17, 15) is 9.59 Å². The van der Waals surface area contributed by atoms with E-state index in [1.165, 1.54) is 12.2 Å². The molecule has 0 saturated heterocycles. The van der Waals surface area contributed by atoms with Crippen LogP contribution in [-0.2, 0) is 18.9 Å². The molecule has 0 aromatic rings. The molecular formula is C14H22O6. The third-order valence-electron chi connectivity index (χ3n) is 2.30. The SMILES string of the molecule is C=CCOC(=O)OCCC(C)CCOC(=O)OCC=C. The molecule has 0 heterocycles. The Morgan fingerprint density at radius 3 is 1.65 bits per heavy atom. The molecule has 0 amide bonds. The molecule has 0 aliphatic carbocycles. The molecule has 0 N–H and O–H groups in total. The fourth-order valence-corrected chi connectivity index (χ4v) is 1.17. The van der Waals surface area contributed by atoms with Crippen molar-refractivity contribution in [3.05, 3.63) is 25.3 Å². The highest BCUT2D eigenvalue weighted by Crippen LogP contribution is 2.08. The van der Waals surface area contributed by atoms with Gasteiger partial charge in [0.25, 0.3) is 0 Å². The van der Waals surface area contributed by atoms with Gasteiger partial charge in [-0.1, -0.05) is 32.2 Å². The van der Waals surface area contributed by atoms with Crippen molar-refractivity contribution < 1.29 is 28.5 Å². The van der Waals surface area contributed by atoms with Crippen molar-refractivity contribution in [3.8, 4) is 0 Å². The Labute approximate surface area is 119 Å². The molecule has 0 bridgehead atoms. The Kier molecular flexibility index (Phi) is 10.9. The van der Waals surface area contributed by atoms with Gasteiger partial charge in [-0.15, -0.1) is 0 Å². The Hall–Kier alpha value is -1.98. The second-order valence-electron chi connectivity index (χ2n) is 4.08. The fourth-order valence-electron chi connectivity index (χ4n) is 1.17. The number of ether oxygens (including phenoxy) is 4. The standard InChI is InChI=1S/C14H22O6/c1-4-8-17-13(15)19-10-6-12(3)7-11-20-14(16)18-9-5-2/h4-5,12H,1-2,6-11H2,3H3. The average molecular weight is 286 g/mol. The highest BCUT2D eigenvalue weighted by Gasteiger charge is 2.08. The molecule has 0 aliphatic heterocycles. The van der Waals surface area contributed by atoms with Crippen molar-refractivity contribution in [2.45, 2.75) is 19.8 Å². The van der Waals surface area contributed by atoms with Gasteiger partial charge < -0.3 is 18.9 Å². The molecular weight excluding hydrogens is 264 g/mol. The molecule has 114 valence electrons. The minimum Gasteiger partial charge on any atom is -0.434 e. The van der Waals surface area contributed by atoms with Gasteiger partial charge in [-0.05, 0) is 18.8 Å². The van der Waals surface area contributed by atoms with Gasteiger partial charge in [0, 0.05) is 0 Å². The number of hydrogen-bond donors (Lipinski definition) is 0. The Morgan fingerprint density at radius 2 is 1.30 bits per heavy atom. The lowest BCUT2D eigenvalue weighted by atomic mass is 10.1. The first-order chi connectivity index (χ1) is 9.60. The van der Waals surface area contributed by atoms with E-state index in [0.29, 0.717) is 12.8 Å². The van der Waals surface area contributed by atoms with E-state index in [1.807, 2.05) is 6.92 Å². The fraction of sp³-hybridized carbons (Fsp3) is 0.571. The summed E-state index contributed by atoms with van der Waals surface area (Å²) < 4.78 is 19.0. The summed E-state index contributed by atoms with van der Waals surface area (Å²) in [5, 5.41) is 0. The van der Waals surface area contributed by atoms with Crippen molar-refractivity contribution in [1.29, 1.82) is 0 Å². The highest BCUT2D eigenvalue weighted by molar-refractivity contribution is 5.60. The molecule has 0 aromatic carbocycles. The van der Waals surface area contributed by atoms with Gasteiger partial charge in [0.1, 0.15) is 13.2 Å². The molecule has 0 radical (unpaired) electrons. The number of rotatable bonds is 10. The van der Waals surface area contributed by atoms with Crippen LogP contribution in [0, 0.1) is 5.92 Å². The van der Waals surface area contributed by atoms with Gasteiger partial charge >= 0.3 is 12.3 Å². The Bertz CT molecular complexity index is 283. The van der Waals surface area contributed by atoms with Crippen LogP contribution < -0.4 is 0 Å². The van der Waals surface area contributed by atoms with Crippen molar-refractivity contribution >= 4 is 12.3 Å².